The fraction of sp³-hybridized carbons (Fsp3) is 0.267. The number of aromatic nitrogens is 2. The maximum atomic E-state index is 12.8. The zero-order valence-corrected chi connectivity index (χ0v) is 13.3. The summed E-state index contributed by atoms with van der Waals surface area (Å²) in [6.45, 7) is 4.23. The van der Waals surface area contributed by atoms with Crippen LogP contribution >= 0.6 is 22.7 Å². The van der Waals surface area contributed by atoms with E-state index in [2.05, 4.69) is 11.1 Å². The molecule has 3 rings (SSSR count). The maximum Gasteiger partial charge on any atom is 0.262 e. The first kappa shape index (κ1) is 14.0. The molecule has 3 aromatic rings. The van der Waals surface area contributed by atoms with Crippen molar-refractivity contribution in [2.24, 2.45) is 0 Å². The van der Waals surface area contributed by atoms with Crippen LogP contribution in [0.15, 0.2) is 22.3 Å². The maximum absolute atomic E-state index is 12.8. The number of thiophene rings is 2. The molecule has 106 valence electrons. The van der Waals surface area contributed by atoms with E-state index in [4.69, 9.17) is 5.26 Å². The van der Waals surface area contributed by atoms with Crippen molar-refractivity contribution in [1.82, 2.24) is 9.55 Å². The first-order valence-electron chi connectivity index (χ1n) is 6.55. The third-order valence-electron chi connectivity index (χ3n) is 3.39. The second kappa shape index (κ2) is 5.43. The summed E-state index contributed by atoms with van der Waals surface area (Å²) < 4.78 is 1.61. The molecule has 0 spiro atoms. The molecule has 0 saturated carbocycles. The fourth-order valence-electron chi connectivity index (χ4n) is 2.44. The Labute approximate surface area is 129 Å². The summed E-state index contributed by atoms with van der Waals surface area (Å²) in [7, 11) is 0. The normalized spacial score (nSPS) is 10.9. The number of aryl methyl sites for hydroxylation is 2. The minimum absolute atomic E-state index is 0.0412. The Kier molecular flexibility index (Phi) is 3.62. The predicted molar refractivity (Wildman–Crippen MR) is 86.9 cm³/mol. The van der Waals surface area contributed by atoms with Crippen LogP contribution in [0.3, 0.4) is 0 Å². The van der Waals surface area contributed by atoms with Crippen LogP contribution < -0.4 is 5.56 Å². The lowest BCUT2D eigenvalue weighted by atomic mass is 10.1. The quantitative estimate of drug-likeness (QED) is 0.740. The molecule has 3 heterocycles. The summed E-state index contributed by atoms with van der Waals surface area (Å²) >= 11 is 3.18. The lowest BCUT2D eigenvalue weighted by molar-refractivity contribution is 0.653. The van der Waals surface area contributed by atoms with E-state index in [-0.39, 0.29) is 5.56 Å². The van der Waals surface area contributed by atoms with Gasteiger partial charge in [-0.3, -0.25) is 9.36 Å². The van der Waals surface area contributed by atoms with Crippen molar-refractivity contribution in [3.8, 4) is 16.5 Å². The number of hydrogen-bond acceptors (Lipinski definition) is 5. The van der Waals surface area contributed by atoms with Crippen molar-refractivity contribution in [3.05, 3.63) is 38.6 Å². The van der Waals surface area contributed by atoms with Gasteiger partial charge >= 0.3 is 0 Å². The molecular formula is C15H13N3OS2. The second-order valence-electron chi connectivity index (χ2n) is 4.71. The van der Waals surface area contributed by atoms with Crippen LogP contribution in [0.25, 0.3) is 20.7 Å². The van der Waals surface area contributed by atoms with Gasteiger partial charge in [-0.05, 0) is 25.3 Å². The molecule has 0 unspecified atom stereocenters. The number of fused-ring (bicyclic) bond motifs is 1. The third-order valence-corrected chi connectivity index (χ3v) is 5.28. The van der Waals surface area contributed by atoms with E-state index >= 15 is 0 Å². The summed E-state index contributed by atoms with van der Waals surface area (Å²) in [5.41, 5.74) is 0.953. The molecule has 3 aromatic heterocycles. The molecule has 0 atom stereocenters. The Morgan fingerprint density at radius 2 is 2.24 bits per heavy atom. The highest BCUT2D eigenvalue weighted by molar-refractivity contribution is 7.20. The van der Waals surface area contributed by atoms with E-state index in [0.29, 0.717) is 24.2 Å². The van der Waals surface area contributed by atoms with E-state index in [1.165, 1.54) is 0 Å². The van der Waals surface area contributed by atoms with Gasteiger partial charge in [0, 0.05) is 21.9 Å². The summed E-state index contributed by atoms with van der Waals surface area (Å²) in [5.74, 6) is 0.668. The van der Waals surface area contributed by atoms with Crippen LogP contribution in [0.1, 0.15) is 17.1 Å². The average Bonchev–Trinajstić information content (AvgIpc) is 3.05. The van der Waals surface area contributed by atoms with Crippen LogP contribution in [0.2, 0.25) is 0 Å². The van der Waals surface area contributed by atoms with Crippen molar-refractivity contribution in [2.75, 3.05) is 0 Å². The number of hydrogen-bond donors (Lipinski definition) is 0. The Morgan fingerprint density at radius 3 is 2.90 bits per heavy atom. The average molecular weight is 315 g/mol. The largest absolute Gasteiger partial charge is 0.295 e. The Balaban J connectivity index is 2.33. The standard InChI is InChI=1S/C15H13N3OS2/c1-9-12(11-5-3-8-20-11)13-14(21-9)17-10(2)18(15(13)19)7-4-6-16/h3,5,8H,4,7H2,1-2H3. The lowest BCUT2D eigenvalue weighted by Gasteiger charge is -2.07. The van der Waals surface area contributed by atoms with Crippen LogP contribution in [-0.2, 0) is 6.54 Å². The molecule has 0 fully saturated rings. The molecule has 6 heteroatoms. The number of nitrogens with zero attached hydrogens (tertiary/aromatic N) is 3. The van der Waals surface area contributed by atoms with Gasteiger partial charge < -0.3 is 0 Å². The minimum Gasteiger partial charge on any atom is -0.295 e. The highest BCUT2D eigenvalue weighted by Gasteiger charge is 2.18. The zero-order valence-electron chi connectivity index (χ0n) is 11.7. The van der Waals surface area contributed by atoms with Gasteiger partial charge in [-0.1, -0.05) is 6.07 Å². The van der Waals surface area contributed by atoms with Crippen molar-refractivity contribution >= 4 is 32.9 Å². The van der Waals surface area contributed by atoms with Gasteiger partial charge in [-0.25, -0.2) is 4.98 Å². The SMILES string of the molecule is Cc1sc2nc(C)n(CCC#N)c(=O)c2c1-c1cccs1. The van der Waals surface area contributed by atoms with Crippen molar-refractivity contribution in [1.29, 1.82) is 5.26 Å². The fourth-order valence-corrected chi connectivity index (χ4v) is 4.41. The number of rotatable bonds is 3. The van der Waals surface area contributed by atoms with Crippen LogP contribution in [0, 0.1) is 25.2 Å². The topological polar surface area (TPSA) is 58.7 Å². The summed E-state index contributed by atoms with van der Waals surface area (Å²) in [6.07, 6.45) is 0.311. The molecule has 21 heavy (non-hydrogen) atoms. The van der Waals surface area contributed by atoms with Crippen LogP contribution in [0.4, 0.5) is 0 Å². The number of nitriles is 1. The molecule has 0 aliphatic heterocycles. The Morgan fingerprint density at radius 1 is 1.43 bits per heavy atom. The zero-order chi connectivity index (χ0) is 15.0. The van der Waals surface area contributed by atoms with Gasteiger partial charge in [-0.2, -0.15) is 5.26 Å². The van der Waals surface area contributed by atoms with Gasteiger partial charge in [0.1, 0.15) is 10.7 Å². The van der Waals surface area contributed by atoms with Crippen LogP contribution in [0.5, 0.6) is 0 Å². The predicted octanol–water partition coefficient (Wildman–Crippen LogP) is 3.72. The van der Waals surface area contributed by atoms with Crippen molar-refractivity contribution < 1.29 is 0 Å². The van der Waals surface area contributed by atoms with E-state index in [1.54, 1.807) is 27.2 Å². The van der Waals surface area contributed by atoms with Crippen molar-refractivity contribution in [3.63, 3.8) is 0 Å². The molecule has 0 saturated heterocycles. The summed E-state index contributed by atoms with van der Waals surface area (Å²) in [6, 6.07) is 6.09. The van der Waals surface area contributed by atoms with Gasteiger partial charge in [-0.15, -0.1) is 22.7 Å². The van der Waals surface area contributed by atoms with E-state index in [0.717, 1.165) is 20.1 Å². The van der Waals surface area contributed by atoms with Gasteiger partial charge in [0.2, 0.25) is 0 Å². The Hall–Kier alpha value is -1.97. The molecule has 0 radical (unpaired) electrons. The third kappa shape index (κ3) is 2.28. The molecule has 0 amide bonds. The van der Waals surface area contributed by atoms with Crippen LogP contribution in [-0.4, -0.2) is 9.55 Å². The molecular weight excluding hydrogens is 302 g/mol. The molecule has 0 N–H and O–H groups in total. The van der Waals surface area contributed by atoms with E-state index in [1.807, 2.05) is 31.4 Å². The molecule has 0 aromatic carbocycles. The second-order valence-corrected chi connectivity index (χ2v) is 6.87. The monoisotopic (exact) mass is 315 g/mol. The molecule has 0 aliphatic carbocycles. The smallest absolute Gasteiger partial charge is 0.262 e. The van der Waals surface area contributed by atoms with E-state index in [9.17, 15) is 4.79 Å². The molecule has 4 nitrogen and oxygen atoms in total. The molecule has 0 bridgehead atoms. The lowest BCUT2D eigenvalue weighted by Crippen LogP contribution is -2.23. The minimum atomic E-state index is -0.0412. The van der Waals surface area contributed by atoms with Gasteiger partial charge in [0.25, 0.3) is 5.56 Å². The summed E-state index contributed by atoms with van der Waals surface area (Å²) in [5, 5.41) is 11.4. The van der Waals surface area contributed by atoms with E-state index < -0.39 is 0 Å². The van der Waals surface area contributed by atoms with Crippen molar-refractivity contribution in [2.45, 2.75) is 26.8 Å². The highest BCUT2D eigenvalue weighted by Crippen LogP contribution is 2.37. The Bertz CT molecular complexity index is 898. The van der Waals surface area contributed by atoms with Gasteiger partial charge in [0.05, 0.1) is 17.9 Å². The van der Waals surface area contributed by atoms with Gasteiger partial charge in [0.15, 0.2) is 0 Å². The molecule has 0 aliphatic rings. The first-order chi connectivity index (χ1) is 10.1. The summed E-state index contributed by atoms with van der Waals surface area (Å²) in [4.78, 5) is 20.3. The highest BCUT2D eigenvalue weighted by atomic mass is 32.1. The first-order valence-corrected chi connectivity index (χ1v) is 8.24.